The minimum atomic E-state index is -0.621. The van der Waals surface area contributed by atoms with Crippen molar-refractivity contribution in [3.8, 4) is 5.75 Å². The summed E-state index contributed by atoms with van der Waals surface area (Å²) < 4.78 is 10.3. The van der Waals surface area contributed by atoms with Gasteiger partial charge in [-0.15, -0.1) is 0 Å². The monoisotopic (exact) mass is 304 g/mol. The minimum Gasteiger partial charge on any atom is -0.488 e. The van der Waals surface area contributed by atoms with Crippen molar-refractivity contribution in [1.29, 1.82) is 0 Å². The molecule has 2 amide bonds. The topological polar surface area (TPSA) is 93.7 Å². The summed E-state index contributed by atoms with van der Waals surface area (Å²) in [6.45, 7) is -0.517. The number of hydrogen-bond donors (Lipinski definition) is 2. The molecule has 116 valence electrons. The number of esters is 1. The smallest absolute Gasteiger partial charge is 0.338 e. The van der Waals surface area contributed by atoms with Crippen LogP contribution in [-0.2, 0) is 19.1 Å². The lowest BCUT2D eigenvalue weighted by atomic mass is 10.1. The number of carbonyl (C=O) groups excluding carboxylic acids is 3. The lowest BCUT2D eigenvalue weighted by Crippen LogP contribution is -2.37. The van der Waals surface area contributed by atoms with Gasteiger partial charge < -0.3 is 20.1 Å². The Morgan fingerprint density at radius 1 is 1.23 bits per heavy atom. The van der Waals surface area contributed by atoms with E-state index in [0.717, 1.165) is 5.56 Å². The summed E-state index contributed by atoms with van der Waals surface area (Å²) in [5.74, 6) is -0.804. The maximum absolute atomic E-state index is 11.9. The highest BCUT2D eigenvalue weighted by atomic mass is 16.5. The molecule has 0 fully saturated rings. The second-order valence-corrected chi connectivity index (χ2v) is 4.52. The van der Waals surface area contributed by atoms with E-state index in [1.165, 1.54) is 7.05 Å². The Balaban J connectivity index is 1.85. The van der Waals surface area contributed by atoms with Crippen molar-refractivity contribution in [2.45, 2.75) is 0 Å². The standard InChI is InChI=1S/C15H16N2O5/c1-16-13(18)7-17-14(19)9-22-15(20)11-6-10-4-2-3-5-12(10)21-8-11/h2-6H,7-9H2,1H3,(H,16,18)(H,17,19). The fourth-order valence-electron chi connectivity index (χ4n) is 1.78. The molecule has 1 heterocycles. The van der Waals surface area contributed by atoms with E-state index in [2.05, 4.69) is 10.6 Å². The molecule has 1 aromatic rings. The van der Waals surface area contributed by atoms with Crippen molar-refractivity contribution in [2.24, 2.45) is 0 Å². The first-order chi connectivity index (χ1) is 10.6. The number of carbonyl (C=O) groups is 3. The number of para-hydroxylation sites is 1. The average Bonchev–Trinajstić information content (AvgIpc) is 2.56. The van der Waals surface area contributed by atoms with Crippen LogP contribution in [0.3, 0.4) is 0 Å². The Kier molecular flexibility index (Phi) is 5.13. The van der Waals surface area contributed by atoms with E-state index in [4.69, 9.17) is 9.47 Å². The molecule has 1 aromatic carbocycles. The Labute approximate surface area is 127 Å². The maximum Gasteiger partial charge on any atom is 0.338 e. The number of fused-ring (bicyclic) bond motifs is 1. The summed E-state index contributed by atoms with van der Waals surface area (Å²) in [5.41, 5.74) is 1.11. The quantitative estimate of drug-likeness (QED) is 0.739. The van der Waals surface area contributed by atoms with E-state index >= 15 is 0 Å². The first-order valence-corrected chi connectivity index (χ1v) is 6.67. The van der Waals surface area contributed by atoms with Crippen molar-refractivity contribution >= 4 is 23.9 Å². The lowest BCUT2D eigenvalue weighted by molar-refractivity contribution is -0.145. The highest BCUT2D eigenvalue weighted by molar-refractivity contribution is 5.96. The first-order valence-electron chi connectivity index (χ1n) is 6.67. The first kappa shape index (κ1) is 15.6. The molecule has 0 saturated carbocycles. The minimum absolute atomic E-state index is 0.0930. The number of likely N-dealkylation sites (N-methyl/N-ethyl adjacent to an activating group) is 1. The van der Waals surface area contributed by atoms with Crippen LogP contribution in [-0.4, -0.2) is 44.6 Å². The van der Waals surface area contributed by atoms with Gasteiger partial charge in [0.15, 0.2) is 6.61 Å². The second-order valence-electron chi connectivity index (χ2n) is 4.52. The molecule has 7 nitrogen and oxygen atoms in total. The van der Waals surface area contributed by atoms with Crippen LogP contribution in [0.25, 0.3) is 6.08 Å². The van der Waals surface area contributed by atoms with Crippen molar-refractivity contribution in [3.63, 3.8) is 0 Å². The molecule has 0 atom stereocenters. The summed E-state index contributed by atoms with van der Waals surface area (Å²) in [6.07, 6.45) is 1.67. The van der Waals surface area contributed by atoms with Gasteiger partial charge in [0.25, 0.3) is 5.91 Å². The Morgan fingerprint density at radius 3 is 2.77 bits per heavy atom. The summed E-state index contributed by atoms with van der Waals surface area (Å²) >= 11 is 0. The molecule has 0 bridgehead atoms. The van der Waals surface area contributed by atoms with Gasteiger partial charge >= 0.3 is 5.97 Å². The molecule has 0 saturated heterocycles. The van der Waals surface area contributed by atoms with Crippen LogP contribution in [0.1, 0.15) is 5.56 Å². The van der Waals surface area contributed by atoms with Gasteiger partial charge in [0.2, 0.25) is 5.91 Å². The normalized spacial score (nSPS) is 12.3. The number of hydrogen-bond acceptors (Lipinski definition) is 5. The van der Waals surface area contributed by atoms with Gasteiger partial charge in [-0.3, -0.25) is 9.59 Å². The number of ether oxygens (including phenoxy) is 2. The SMILES string of the molecule is CNC(=O)CNC(=O)COC(=O)C1=Cc2ccccc2OC1. The van der Waals surface area contributed by atoms with Gasteiger partial charge in [-0.25, -0.2) is 4.79 Å². The van der Waals surface area contributed by atoms with Gasteiger partial charge in [-0.2, -0.15) is 0 Å². The van der Waals surface area contributed by atoms with E-state index < -0.39 is 18.5 Å². The van der Waals surface area contributed by atoms with Crippen molar-refractivity contribution in [3.05, 3.63) is 35.4 Å². The van der Waals surface area contributed by atoms with Crippen LogP contribution in [0, 0.1) is 0 Å². The van der Waals surface area contributed by atoms with Crippen LogP contribution < -0.4 is 15.4 Å². The Morgan fingerprint density at radius 2 is 2.00 bits per heavy atom. The van der Waals surface area contributed by atoms with E-state index in [0.29, 0.717) is 11.3 Å². The molecule has 0 aliphatic carbocycles. The molecule has 2 N–H and O–H groups in total. The molecule has 0 radical (unpaired) electrons. The fourth-order valence-corrected chi connectivity index (χ4v) is 1.78. The number of benzene rings is 1. The average molecular weight is 304 g/mol. The third-order valence-corrected chi connectivity index (χ3v) is 2.95. The van der Waals surface area contributed by atoms with Gasteiger partial charge in [-0.05, 0) is 12.1 Å². The zero-order valence-corrected chi connectivity index (χ0v) is 12.0. The summed E-state index contributed by atoms with van der Waals surface area (Å²) in [6, 6.07) is 7.30. The molecule has 0 spiro atoms. The Bertz CT molecular complexity index is 624. The fraction of sp³-hybridized carbons (Fsp3) is 0.267. The molecule has 2 rings (SSSR count). The van der Waals surface area contributed by atoms with Crippen LogP contribution in [0.15, 0.2) is 29.8 Å². The van der Waals surface area contributed by atoms with E-state index in [9.17, 15) is 14.4 Å². The molecule has 0 aromatic heterocycles. The van der Waals surface area contributed by atoms with E-state index in [1.54, 1.807) is 12.1 Å². The molecule has 22 heavy (non-hydrogen) atoms. The third-order valence-electron chi connectivity index (χ3n) is 2.95. The van der Waals surface area contributed by atoms with Crippen molar-refractivity contribution in [2.75, 3.05) is 26.8 Å². The highest BCUT2D eigenvalue weighted by Crippen LogP contribution is 2.25. The van der Waals surface area contributed by atoms with Crippen molar-refractivity contribution in [1.82, 2.24) is 10.6 Å². The predicted octanol–water partition coefficient (Wildman–Crippen LogP) is -0.132. The molecule has 0 unspecified atom stereocenters. The van der Waals surface area contributed by atoms with Crippen molar-refractivity contribution < 1.29 is 23.9 Å². The number of rotatable bonds is 5. The largest absolute Gasteiger partial charge is 0.488 e. The third kappa shape index (κ3) is 4.08. The lowest BCUT2D eigenvalue weighted by Gasteiger charge is -2.16. The summed E-state index contributed by atoms with van der Waals surface area (Å²) in [7, 11) is 1.46. The predicted molar refractivity (Wildman–Crippen MR) is 77.9 cm³/mol. The van der Waals surface area contributed by atoms with Crippen LogP contribution >= 0.6 is 0 Å². The highest BCUT2D eigenvalue weighted by Gasteiger charge is 2.19. The van der Waals surface area contributed by atoms with E-state index in [1.807, 2.05) is 18.2 Å². The zero-order valence-electron chi connectivity index (χ0n) is 12.0. The molecule has 1 aliphatic rings. The van der Waals surface area contributed by atoms with Crippen LogP contribution in [0.2, 0.25) is 0 Å². The zero-order chi connectivity index (χ0) is 15.9. The Hall–Kier alpha value is -2.83. The molecular formula is C15H16N2O5. The van der Waals surface area contributed by atoms with Gasteiger partial charge in [0.1, 0.15) is 12.4 Å². The molecule has 7 heteroatoms. The van der Waals surface area contributed by atoms with Gasteiger partial charge in [0.05, 0.1) is 12.1 Å². The van der Waals surface area contributed by atoms with Gasteiger partial charge in [0, 0.05) is 12.6 Å². The second kappa shape index (κ2) is 7.26. The maximum atomic E-state index is 11.9. The molecule has 1 aliphatic heterocycles. The summed E-state index contributed by atoms with van der Waals surface area (Å²) in [5, 5.41) is 4.69. The summed E-state index contributed by atoms with van der Waals surface area (Å²) in [4.78, 5) is 34.3. The van der Waals surface area contributed by atoms with Crippen LogP contribution in [0.5, 0.6) is 5.75 Å². The van der Waals surface area contributed by atoms with Crippen LogP contribution in [0.4, 0.5) is 0 Å². The van der Waals surface area contributed by atoms with E-state index in [-0.39, 0.29) is 19.1 Å². The molecular weight excluding hydrogens is 288 g/mol. The van der Waals surface area contributed by atoms with Gasteiger partial charge in [-0.1, -0.05) is 18.2 Å². The number of nitrogens with one attached hydrogen (secondary N) is 2. The number of amides is 2.